The van der Waals surface area contributed by atoms with E-state index in [0.717, 1.165) is 25.2 Å². The molecular weight excluding hydrogens is 418 g/mol. The molecule has 1 saturated heterocycles. The van der Waals surface area contributed by atoms with E-state index in [1.807, 2.05) is 24.3 Å². The average Bonchev–Trinajstić information content (AvgIpc) is 3.37. The van der Waals surface area contributed by atoms with E-state index in [2.05, 4.69) is 27.4 Å². The van der Waals surface area contributed by atoms with Gasteiger partial charge in [0.1, 0.15) is 16.2 Å². The second-order valence-electron chi connectivity index (χ2n) is 7.87. The van der Waals surface area contributed by atoms with Crippen molar-refractivity contribution >= 4 is 21.4 Å². The Bertz CT molecular complexity index is 1120. The fourth-order valence-corrected chi connectivity index (χ4v) is 6.62. The van der Waals surface area contributed by atoms with Gasteiger partial charge in [0.25, 0.3) is 0 Å². The fourth-order valence-electron chi connectivity index (χ4n) is 4.27. The van der Waals surface area contributed by atoms with Crippen molar-refractivity contribution in [2.75, 3.05) is 19.6 Å². The molecule has 156 valence electrons. The quantitative estimate of drug-likeness (QED) is 0.621. The second-order valence-corrected chi connectivity index (χ2v) is 10.8. The molecule has 1 spiro atoms. The molecule has 2 aliphatic heterocycles. The van der Waals surface area contributed by atoms with Gasteiger partial charge < -0.3 is 4.74 Å². The van der Waals surface area contributed by atoms with Gasteiger partial charge >= 0.3 is 0 Å². The number of thiophene rings is 1. The van der Waals surface area contributed by atoms with Crippen LogP contribution in [0.3, 0.4) is 0 Å². The number of rotatable bonds is 4. The Hall–Kier alpha value is -2.26. The number of aromatic nitrogens is 1. The molecule has 1 aromatic carbocycles. The number of para-hydroxylation sites is 1. The van der Waals surface area contributed by atoms with Gasteiger partial charge in [0.15, 0.2) is 0 Å². The Balaban J connectivity index is 1.49. The molecule has 1 fully saturated rings. The van der Waals surface area contributed by atoms with Gasteiger partial charge in [0.05, 0.1) is 18.8 Å². The van der Waals surface area contributed by atoms with Crippen LogP contribution in [0.5, 0.6) is 5.75 Å². The summed E-state index contributed by atoms with van der Waals surface area (Å²) in [6.07, 6.45) is 2.47. The van der Waals surface area contributed by atoms with Crippen LogP contribution in [0.25, 0.3) is 0 Å². The Kier molecular flexibility index (Phi) is 5.10. The third-order valence-electron chi connectivity index (χ3n) is 5.68. The molecule has 8 heteroatoms. The molecule has 0 unspecified atom stereocenters. The van der Waals surface area contributed by atoms with Gasteiger partial charge in [-0.25, -0.2) is 8.42 Å². The number of pyridine rings is 1. The van der Waals surface area contributed by atoms with Crippen molar-refractivity contribution in [1.82, 2.24) is 14.2 Å². The predicted molar refractivity (Wildman–Crippen MR) is 116 cm³/mol. The second kappa shape index (κ2) is 7.77. The smallest absolute Gasteiger partial charge is 0.247 e. The SMILES string of the molecule is O=S1(=O)c2ccccc2O[C@@]2(CCN(Cc3cccs3)C2)CN1Cc1ccccn1. The lowest BCUT2D eigenvalue weighted by Crippen LogP contribution is -2.49. The molecule has 4 heterocycles. The molecule has 6 nitrogen and oxygen atoms in total. The van der Waals surface area contributed by atoms with E-state index < -0.39 is 15.6 Å². The lowest BCUT2D eigenvalue weighted by Gasteiger charge is -2.32. The van der Waals surface area contributed by atoms with Gasteiger partial charge in [0, 0.05) is 37.1 Å². The summed E-state index contributed by atoms with van der Waals surface area (Å²) in [5.41, 5.74) is 0.148. The largest absolute Gasteiger partial charge is 0.483 e. The number of fused-ring (bicyclic) bond motifs is 1. The van der Waals surface area contributed by atoms with Crippen molar-refractivity contribution in [2.45, 2.75) is 30.0 Å². The number of sulfonamides is 1. The topological polar surface area (TPSA) is 62.7 Å². The summed E-state index contributed by atoms with van der Waals surface area (Å²) >= 11 is 1.74. The summed E-state index contributed by atoms with van der Waals surface area (Å²) in [5, 5.41) is 2.08. The first kappa shape index (κ1) is 19.7. The van der Waals surface area contributed by atoms with Crippen LogP contribution < -0.4 is 4.74 Å². The fraction of sp³-hybridized carbons (Fsp3) is 0.318. The predicted octanol–water partition coefficient (Wildman–Crippen LogP) is 3.37. The maximum Gasteiger partial charge on any atom is 0.247 e. The van der Waals surface area contributed by atoms with Crippen molar-refractivity contribution in [1.29, 1.82) is 0 Å². The van der Waals surface area contributed by atoms with E-state index >= 15 is 0 Å². The van der Waals surface area contributed by atoms with Gasteiger partial charge in [-0.15, -0.1) is 11.3 Å². The number of nitrogens with zero attached hydrogens (tertiary/aromatic N) is 3. The van der Waals surface area contributed by atoms with E-state index in [0.29, 0.717) is 18.8 Å². The van der Waals surface area contributed by atoms with Gasteiger partial charge in [-0.1, -0.05) is 24.3 Å². The van der Waals surface area contributed by atoms with Crippen LogP contribution in [0.4, 0.5) is 0 Å². The van der Waals surface area contributed by atoms with Crippen LogP contribution in [-0.4, -0.2) is 47.8 Å². The Morgan fingerprint density at radius 1 is 1.03 bits per heavy atom. The maximum absolute atomic E-state index is 13.5. The van der Waals surface area contributed by atoms with Crippen molar-refractivity contribution in [3.63, 3.8) is 0 Å². The molecule has 0 bridgehead atoms. The van der Waals surface area contributed by atoms with Crippen LogP contribution in [0.2, 0.25) is 0 Å². The number of ether oxygens (including phenoxy) is 1. The molecule has 0 radical (unpaired) electrons. The highest BCUT2D eigenvalue weighted by atomic mass is 32.2. The summed E-state index contributed by atoms with van der Waals surface area (Å²) in [7, 11) is -3.70. The van der Waals surface area contributed by atoms with Crippen LogP contribution in [-0.2, 0) is 23.1 Å². The summed E-state index contributed by atoms with van der Waals surface area (Å²) in [6, 6.07) is 16.7. The van der Waals surface area contributed by atoms with E-state index in [4.69, 9.17) is 4.74 Å². The molecule has 0 amide bonds. The summed E-state index contributed by atoms with van der Waals surface area (Å²) in [5.74, 6) is 0.444. The van der Waals surface area contributed by atoms with E-state index in [9.17, 15) is 8.42 Å². The van der Waals surface area contributed by atoms with E-state index in [1.165, 1.54) is 9.18 Å². The molecule has 0 saturated carbocycles. The first-order valence-electron chi connectivity index (χ1n) is 9.97. The normalized spacial score (nSPS) is 23.7. The van der Waals surface area contributed by atoms with Crippen LogP contribution in [0, 0.1) is 0 Å². The third-order valence-corrected chi connectivity index (χ3v) is 8.37. The number of hydrogen-bond acceptors (Lipinski definition) is 6. The minimum atomic E-state index is -3.70. The third kappa shape index (κ3) is 3.76. The number of hydrogen-bond donors (Lipinski definition) is 0. The lowest BCUT2D eigenvalue weighted by molar-refractivity contribution is 0.0569. The summed E-state index contributed by atoms with van der Waals surface area (Å²) in [6.45, 7) is 2.96. The molecule has 3 aromatic rings. The van der Waals surface area contributed by atoms with E-state index in [-0.39, 0.29) is 11.4 Å². The first-order valence-corrected chi connectivity index (χ1v) is 12.3. The van der Waals surface area contributed by atoms with Gasteiger partial charge in [-0.05, 0) is 35.7 Å². The molecule has 2 aliphatic rings. The monoisotopic (exact) mass is 441 g/mol. The molecule has 1 atom stereocenters. The van der Waals surface area contributed by atoms with Crippen molar-refractivity contribution in [3.8, 4) is 5.75 Å². The summed E-state index contributed by atoms with van der Waals surface area (Å²) < 4.78 is 35.0. The Labute approximate surface area is 180 Å². The number of benzene rings is 1. The van der Waals surface area contributed by atoms with Crippen LogP contribution in [0.15, 0.2) is 71.1 Å². The van der Waals surface area contributed by atoms with Crippen LogP contribution in [0.1, 0.15) is 17.0 Å². The van der Waals surface area contributed by atoms with Gasteiger partial charge in [-0.3, -0.25) is 9.88 Å². The zero-order valence-electron chi connectivity index (χ0n) is 16.5. The average molecular weight is 442 g/mol. The Morgan fingerprint density at radius 3 is 2.70 bits per heavy atom. The molecule has 2 aromatic heterocycles. The highest BCUT2D eigenvalue weighted by Crippen LogP contribution is 2.39. The highest BCUT2D eigenvalue weighted by Gasteiger charge is 2.47. The van der Waals surface area contributed by atoms with Crippen molar-refractivity contribution < 1.29 is 13.2 Å². The first-order chi connectivity index (χ1) is 14.5. The van der Waals surface area contributed by atoms with Gasteiger partial charge in [0.2, 0.25) is 10.0 Å². The zero-order valence-corrected chi connectivity index (χ0v) is 18.1. The zero-order chi connectivity index (χ0) is 20.6. The van der Waals surface area contributed by atoms with Crippen molar-refractivity contribution in [2.24, 2.45) is 0 Å². The molecular formula is C22H23N3O3S2. The molecule has 0 N–H and O–H groups in total. The van der Waals surface area contributed by atoms with Crippen molar-refractivity contribution in [3.05, 3.63) is 76.7 Å². The summed E-state index contributed by atoms with van der Waals surface area (Å²) in [4.78, 5) is 8.24. The standard InChI is InChI=1S/C22H23N3O3S2/c26-30(27)21-9-2-1-8-20(21)28-22(17-25(30)14-18-6-3-4-11-23-18)10-12-24(16-22)15-19-7-5-13-29-19/h1-9,11,13H,10,12,14-17H2/t22-/m1/s1. The molecule has 5 rings (SSSR count). The highest BCUT2D eigenvalue weighted by molar-refractivity contribution is 7.89. The molecule has 30 heavy (non-hydrogen) atoms. The Morgan fingerprint density at radius 2 is 1.90 bits per heavy atom. The van der Waals surface area contributed by atoms with Gasteiger partial charge in [-0.2, -0.15) is 4.31 Å². The van der Waals surface area contributed by atoms with E-state index in [1.54, 1.807) is 35.7 Å². The minimum absolute atomic E-state index is 0.230. The minimum Gasteiger partial charge on any atom is -0.483 e. The molecule has 0 aliphatic carbocycles. The lowest BCUT2D eigenvalue weighted by atomic mass is 10.0. The van der Waals surface area contributed by atoms with Crippen LogP contribution >= 0.6 is 11.3 Å². The maximum atomic E-state index is 13.5. The number of likely N-dealkylation sites (tertiary alicyclic amines) is 1.